The molecule has 0 amide bonds. The molecule has 0 aromatic heterocycles. The Morgan fingerprint density at radius 3 is 2.17 bits per heavy atom. The molecule has 74 valence electrons. The molecule has 0 aromatic rings. The van der Waals surface area contributed by atoms with E-state index in [1.165, 1.54) is 0 Å². The minimum atomic E-state index is -2.69. The normalized spacial score (nSPS) is 15.1. The van der Waals surface area contributed by atoms with Gasteiger partial charge in [0, 0.05) is 6.54 Å². The number of halogens is 3. The van der Waals surface area contributed by atoms with Crippen LogP contribution in [0.15, 0.2) is 0 Å². The van der Waals surface area contributed by atoms with Crippen molar-refractivity contribution < 1.29 is 18.7 Å². The van der Waals surface area contributed by atoms with Crippen LogP contribution in [0.25, 0.3) is 0 Å². The van der Waals surface area contributed by atoms with Crippen LogP contribution in [0.4, 0.5) is 8.78 Å². The maximum Gasteiger partial charge on any atom is 0.304 e. The summed E-state index contributed by atoms with van der Waals surface area (Å²) >= 11 is 0. The Bertz CT molecular complexity index is 156. The predicted molar refractivity (Wildman–Crippen MR) is 42.7 cm³/mol. The fourth-order valence-electron chi connectivity index (χ4n) is 0.584. The predicted octanol–water partition coefficient (Wildman–Crippen LogP) is 1.11. The van der Waals surface area contributed by atoms with Gasteiger partial charge in [0.15, 0.2) is 0 Å². The number of carboxylic acid groups (broad SMARTS) is 1. The van der Waals surface area contributed by atoms with Crippen molar-refractivity contribution in [3.63, 3.8) is 0 Å². The zero-order valence-electron chi connectivity index (χ0n) is 6.59. The van der Waals surface area contributed by atoms with E-state index in [1.54, 1.807) is 0 Å². The van der Waals surface area contributed by atoms with Crippen molar-refractivity contribution >= 4 is 18.4 Å². The van der Waals surface area contributed by atoms with Crippen molar-refractivity contribution in [2.24, 2.45) is 11.1 Å². The Morgan fingerprint density at radius 1 is 1.67 bits per heavy atom. The maximum atomic E-state index is 12.1. The molecule has 0 aromatic carbocycles. The summed E-state index contributed by atoms with van der Waals surface area (Å²) in [5, 5.41) is 8.24. The second-order valence-electron chi connectivity index (χ2n) is 2.73. The van der Waals surface area contributed by atoms with Gasteiger partial charge in [0.1, 0.15) is 0 Å². The molecule has 0 radical (unpaired) electrons. The molecule has 6 heteroatoms. The number of alkyl halides is 2. The summed E-state index contributed by atoms with van der Waals surface area (Å²) in [4.78, 5) is 10.1. The van der Waals surface area contributed by atoms with Crippen molar-refractivity contribution in [3.05, 3.63) is 0 Å². The lowest BCUT2D eigenvalue weighted by Gasteiger charge is -2.24. The van der Waals surface area contributed by atoms with Gasteiger partial charge in [-0.15, -0.1) is 12.4 Å². The molecule has 0 aliphatic carbocycles. The average molecular weight is 204 g/mol. The lowest BCUT2D eigenvalue weighted by molar-refractivity contribution is -0.142. The lowest BCUT2D eigenvalue weighted by atomic mass is 9.87. The van der Waals surface area contributed by atoms with Crippen molar-refractivity contribution in [2.45, 2.75) is 19.8 Å². The van der Waals surface area contributed by atoms with Crippen molar-refractivity contribution in [2.75, 3.05) is 6.54 Å². The fraction of sp³-hybridized carbons (Fsp3) is 0.833. The summed E-state index contributed by atoms with van der Waals surface area (Å²) in [5.74, 6) is -1.25. The van der Waals surface area contributed by atoms with Crippen molar-refractivity contribution in [1.29, 1.82) is 0 Å². The molecular formula is C6H12ClF2NO2. The van der Waals surface area contributed by atoms with Gasteiger partial charge < -0.3 is 10.8 Å². The molecule has 3 N–H and O–H groups in total. The average Bonchev–Trinajstić information content (AvgIpc) is 1.86. The Morgan fingerprint density at radius 2 is 2.08 bits per heavy atom. The minimum absolute atomic E-state index is 0. The molecule has 0 heterocycles. The van der Waals surface area contributed by atoms with Gasteiger partial charge in [-0.1, -0.05) is 6.92 Å². The van der Waals surface area contributed by atoms with E-state index in [0.29, 0.717) is 0 Å². The lowest BCUT2D eigenvalue weighted by Crippen LogP contribution is -2.36. The van der Waals surface area contributed by atoms with Crippen LogP contribution in [-0.2, 0) is 4.79 Å². The van der Waals surface area contributed by atoms with E-state index in [2.05, 4.69) is 0 Å². The number of carbonyl (C=O) groups is 1. The largest absolute Gasteiger partial charge is 0.481 e. The molecule has 0 rings (SSSR count). The summed E-state index contributed by atoms with van der Waals surface area (Å²) < 4.78 is 24.2. The number of aliphatic carboxylic acids is 1. The monoisotopic (exact) mass is 203 g/mol. The standard InChI is InChI=1S/C6H11F2NO2.ClH/c1-6(3-9,5(7)8)2-4(10)11;/h5H,2-3,9H2,1H3,(H,10,11);1H. The molecular weight excluding hydrogens is 192 g/mol. The van der Waals surface area contributed by atoms with Gasteiger partial charge >= 0.3 is 5.97 Å². The third-order valence-corrected chi connectivity index (χ3v) is 1.55. The highest BCUT2D eigenvalue weighted by Gasteiger charge is 2.35. The number of rotatable bonds is 4. The van der Waals surface area contributed by atoms with Crippen molar-refractivity contribution in [3.8, 4) is 0 Å². The molecule has 0 spiro atoms. The highest BCUT2D eigenvalue weighted by Crippen LogP contribution is 2.27. The smallest absolute Gasteiger partial charge is 0.304 e. The third kappa shape index (κ3) is 3.82. The van der Waals surface area contributed by atoms with Gasteiger partial charge in [-0.25, -0.2) is 8.78 Å². The van der Waals surface area contributed by atoms with E-state index in [-0.39, 0.29) is 19.0 Å². The summed E-state index contributed by atoms with van der Waals surface area (Å²) in [7, 11) is 0. The molecule has 1 atom stereocenters. The SMILES string of the molecule is CC(CN)(CC(=O)O)C(F)F.Cl. The van der Waals surface area contributed by atoms with Crippen LogP contribution in [0.3, 0.4) is 0 Å². The van der Waals surface area contributed by atoms with Crippen LogP contribution in [0.1, 0.15) is 13.3 Å². The van der Waals surface area contributed by atoms with Crippen LogP contribution in [0.2, 0.25) is 0 Å². The van der Waals surface area contributed by atoms with Gasteiger partial charge in [0.25, 0.3) is 0 Å². The summed E-state index contributed by atoms with van der Waals surface area (Å²) in [5.41, 5.74) is 3.42. The first-order chi connectivity index (χ1) is 4.92. The molecule has 1 unspecified atom stereocenters. The van der Waals surface area contributed by atoms with Crippen LogP contribution < -0.4 is 5.73 Å². The number of carboxylic acids is 1. The van der Waals surface area contributed by atoms with Gasteiger partial charge in [-0.3, -0.25) is 4.79 Å². The van der Waals surface area contributed by atoms with E-state index >= 15 is 0 Å². The first-order valence-corrected chi connectivity index (χ1v) is 3.12. The quantitative estimate of drug-likeness (QED) is 0.720. The summed E-state index contributed by atoms with van der Waals surface area (Å²) in [6, 6.07) is 0. The van der Waals surface area contributed by atoms with Gasteiger partial charge in [-0.05, 0) is 0 Å². The van der Waals surface area contributed by atoms with E-state index in [0.717, 1.165) is 6.92 Å². The van der Waals surface area contributed by atoms with Crippen LogP contribution >= 0.6 is 12.4 Å². The highest BCUT2D eigenvalue weighted by atomic mass is 35.5. The zero-order valence-corrected chi connectivity index (χ0v) is 7.41. The second kappa shape index (κ2) is 5.27. The van der Waals surface area contributed by atoms with E-state index < -0.39 is 24.2 Å². The van der Waals surface area contributed by atoms with Gasteiger partial charge in [0.05, 0.1) is 11.8 Å². The molecule has 0 bridgehead atoms. The Balaban J connectivity index is 0. The van der Waals surface area contributed by atoms with Gasteiger partial charge in [0.2, 0.25) is 6.43 Å². The maximum absolute atomic E-state index is 12.1. The molecule has 3 nitrogen and oxygen atoms in total. The second-order valence-corrected chi connectivity index (χ2v) is 2.73. The van der Waals surface area contributed by atoms with Crippen LogP contribution in [0, 0.1) is 5.41 Å². The fourth-order valence-corrected chi connectivity index (χ4v) is 0.584. The number of hydrogen-bond acceptors (Lipinski definition) is 2. The zero-order chi connectivity index (χ0) is 9.07. The first-order valence-electron chi connectivity index (χ1n) is 3.12. The Kier molecular flexibility index (Phi) is 6.20. The van der Waals surface area contributed by atoms with E-state index in [9.17, 15) is 13.6 Å². The molecule has 0 aliphatic rings. The van der Waals surface area contributed by atoms with E-state index in [1.807, 2.05) is 0 Å². The molecule has 0 saturated carbocycles. The molecule has 0 aliphatic heterocycles. The van der Waals surface area contributed by atoms with E-state index in [4.69, 9.17) is 10.8 Å². The molecule has 0 fully saturated rings. The summed E-state index contributed by atoms with van der Waals surface area (Å²) in [6.45, 7) is 0.836. The minimum Gasteiger partial charge on any atom is -0.481 e. The highest BCUT2D eigenvalue weighted by molar-refractivity contribution is 5.85. The van der Waals surface area contributed by atoms with Crippen molar-refractivity contribution in [1.82, 2.24) is 0 Å². The number of nitrogens with two attached hydrogens (primary N) is 1. The van der Waals surface area contributed by atoms with Gasteiger partial charge in [-0.2, -0.15) is 0 Å². The topological polar surface area (TPSA) is 63.3 Å². The molecule has 0 saturated heterocycles. The van der Waals surface area contributed by atoms with Crippen LogP contribution in [0.5, 0.6) is 0 Å². The first kappa shape index (κ1) is 14.1. The third-order valence-electron chi connectivity index (χ3n) is 1.55. The Hall–Kier alpha value is -0.420. The molecule has 12 heavy (non-hydrogen) atoms. The number of hydrogen-bond donors (Lipinski definition) is 2. The summed E-state index contributed by atoms with van der Waals surface area (Å²) in [6.07, 6.45) is -3.29. The van der Waals surface area contributed by atoms with Crippen LogP contribution in [-0.4, -0.2) is 24.0 Å². The Labute approximate surface area is 75.3 Å².